The van der Waals surface area contributed by atoms with E-state index < -0.39 is 6.04 Å². The van der Waals surface area contributed by atoms with Gasteiger partial charge in [0.2, 0.25) is 11.8 Å². The van der Waals surface area contributed by atoms with Crippen LogP contribution in [0.2, 0.25) is 0 Å². The second-order valence-electron chi connectivity index (χ2n) is 5.62. The van der Waals surface area contributed by atoms with Crippen LogP contribution in [0.25, 0.3) is 0 Å². The predicted molar refractivity (Wildman–Crippen MR) is 72.1 cm³/mol. The summed E-state index contributed by atoms with van der Waals surface area (Å²) in [4.78, 5) is 23.3. The standard InChI is InChI=1S/C14H26N2O2/c1-10(2)13(15-11(3)17)14(18)16-12-8-6-4-5-7-9-12/h10,12-13H,4-9H2,1-3H3,(H,15,17)(H,16,18). The minimum absolute atomic E-state index is 0.0351. The van der Waals surface area contributed by atoms with Crippen molar-refractivity contribution >= 4 is 11.8 Å². The molecule has 1 atom stereocenters. The van der Waals surface area contributed by atoms with E-state index in [0.717, 1.165) is 12.8 Å². The van der Waals surface area contributed by atoms with Crippen molar-refractivity contribution in [2.75, 3.05) is 0 Å². The number of amides is 2. The van der Waals surface area contributed by atoms with E-state index in [9.17, 15) is 9.59 Å². The SMILES string of the molecule is CC(=O)NC(C(=O)NC1CCCCCC1)C(C)C. The molecule has 1 fully saturated rings. The van der Waals surface area contributed by atoms with Crippen LogP contribution < -0.4 is 10.6 Å². The van der Waals surface area contributed by atoms with E-state index in [1.54, 1.807) is 0 Å². The van der Waals surface area contributed by atoms with Crippen molar-refractivity contribution in [3.63, 3.8) is 0 Å². The van der Waals surface area contributed by atoms with Gasteiger partial charge >= 0.3 is 0 Å². The van der Waals surface area contributed by atoms with Crippen molar-refractivity contribution in [1.82, 2.24) is 10.6 Å². The number of rotatable bonds is 4. The van der Waals surface area contributed by atoms with Gasteiger partial charge < -0.3 is 10.6 Å². The van der Waals surface area contributed by atoms with Crippen LogP contribution in [0.4, 0.5) is 0 Å². The van der Waals surface area contributed by atoms with Crippen LogP contribution in [0.3, 0.4) is 0 Å². The summed E-state index contributed by atoms with van der Waals surface area (Å²) in [5, 5.41) is 5.83. The summed E-state index contributed by atoms with van der Waals surface area (Å²) in [6.07, 6.45) is 7.06. The first-order valence-electron chi connectivity index (χ1n) is 7.08. The molecule has 0 heterocycles. The zero-order chi connectivity index (χ0) is 13.5. The Hall–Kier alpha value is -1.06. The molecular weight excluding hydrogens is 228 g/mol. The molecule has 4 nitrogen and oxygen atoms in total. The highest BCUT2D eigenvalue weighted by atomic mass is 16.2. The van der Waals surface area contributed by atoms with Crippen molar-refractivity contribution in [1.29, 1.82) is 0 Å². The van der Waals surface area contributed by atoms with Gasteiger partial charge in [0.1, 0.15) is 6.04 Å². The molecule has 0 spiro atoms. The normalized spacial score (nSPS) is 19.1. The van der Waals surface area contributed by atoms with Gasteiger partial charge in [-0.15, -0.1) is 0 Å². The fraction of sp³-hybridized carbons (Fsp3) is 0.857. The second kappa shape index (κ2) is 7.39. The topological polar surface area (TPSA) is 58.2 Å². The van der Waals surface area contributed by atoms with E-state index in [-0.39, 0.29) is 23.8 Å². The maximum Gasteiger partial charge on any atom is 0.243 e. The van der Waals surface area contributed by atoms with Gasteiger partial charge in [0.25, 0.3) is 0 Å². The molecule has 1 saturated carbocycles. The zero-order valence-electron chi connectivity index (χ0n) is 11.8. The average molecular weight is 254 g/mol. The quantitative estimate of drug-likeness (QED) is 0.754. The first-order valence-corrected chi connectivity index (χ1v) is 7.08. The maximum absolute atomic E-state index is 12.2. The van der Waals surface area contributed by atoms with Gasteiger partial charge in [-0.25, -0.2) is 0 Å². The minimum Gasteiger partial charge on any atom is -0.352 e. The molecule has 0 aliphatic heterocycles. The van der Waals surface area contributed by atoms with Crippen molar-refractivity contribution < 1.29 is 9.59 Å². The highest BCUT2D eigenvalue weighted by Crippen LogP contribution is 2.17. The fourth-order valence-electron chi connectivity index (χ4n) is 2.47. The van der Waals surface area contributed by atoms with E-state index >= 15 is 0 Å². The van der Waals surface area contributed by atoms with E-state index in [2.05, 4.69) is 10.6 Å². The molecular formula is C14H26N2O2. The van der Waals surface area contributed by atoms with Crippen LogP contribution in [-0.2, 0) is 9.59 Å². The molecule has 0 aromatic rings. The average Bonchev–Trinajstić information content (AvgIpc) is 2.53. The highest BCUT2D eigenvalue weighted by Gasteiger charge is 2.25. The molecule has 0 bridgehead atoms. The zero-order valence-corrected chi connectivity index (χ0v) is 11.8. The summed E-state index contributed by atoms with van der Waals surface area (Å²) in [6.45, 7) is 5.36. The molecule has 0 saturated heterocycles. The Morgan fingerprint density at radius 2 is 1.61 bits per heavy atom. The second-order valence-corrected chi connectivity index (χ2v) is 5.62. The third-order valence-corrected chi connectivity index (χ3v) is 3.51. The van der Waals surface area contributed by atoms with Crippen LogP contribution in [0.15, 0.2) is 0 Å². The van der Waals surface area contributed by atoms with Gasteiger partial charge in [0.15, 0.2) is 0 Å². The molecule has 0 aromatic carbocycles. The molecule has 1 rings (SSSR count). The maximum atomic E-state index is 12.2. The predicted octanol–water partition coefficient (Wildman–Crippen LogP) is 1.99. The van der Waals surface area contributed by atoms with Crippen LogP contribution in [-0.4, -0.2) is 23.9 Å². The van der Waals surface area contributed by atoms with Gasteiger partial charge in [-0.3, -0.25) is 9.59 Å². The number of carbonyl (C=O) groups is 2. The van der Waals surface area contributed by atoms with Gasteiger partial charge in [0, 0.05) is 13.0 Å². The number of nitrogens with one attached hydrogen (secondary N) is 2. The Bertz CT molecular complexity index is 282. The first-order chi connectivity index (χ1) is 8.50. The Morgan fingerprint density at radius 1 is 1.06 bits per heavy atom. The highest BCUT2D eigenvalue weighted by molar-refractivity contribution is 5.87. The molecule has 1 unspecified atom stereocenters. The Morgan fingerprint density at radius 3 is 2.06 bits per heavy atom. The lowest BCUT2D eigenvalue weighted by molar-refractivity contribution is -0.129. The summed E-state index contributed by atoms with van der Waals surface area (Å²) in [5.74, 6) is -0.0727. The molecule has 104 valence electrons. The van der Waals surface area contributed by atoms with E-state index in [4.69, 9.17) is 0 Å². The van der Waals surface area contributed by atoms with Crippen LogP contribution in [0.1, 0.15) is 59.3 Å². The Balaban J connectivity index is 2.51. The Labute approximate surface area is 110 Å². The summed E-state index contributed by atoms with van der Waals surface area (Å²) >= 11 is 0. The summed E-state index contributed by atoms with van der Waals surface area (Å²) in [6, 6.07) is -0.124. The van der Waals surface area contributed by atoms with Gasteiger partial charge in [-0.1, -0.05) is 39.5 Å². The fourth-order valence-corrected chi connectivity index (χ4v) is 2.47. The smallest absolute Gasteiger partial charge is 0.243 e. The first kappa shape index (κ1) is 15.0. The van der Waals surface area contributed by atoms with Crippen molar-refractivity contribution in [3.05, 3.63) is 0 Å². The van der Waals surface area contributed by atoms with E-state index in [1.165, 1.54) is 32.6 Å². The molecule has 1 aliphatic carbocycles. The van der Waals surface area contributed by atoms with Crippen molar-refractivity contribution in [2.24, 2.45) is 5.92 Å². The van der Waals surface area contributed by atoms with Crippen LogP contribution in [0.5, 0.6) is 0 Å². The van der Waals surface area contributed by atoms with Crippen molar-refractivity contribution in [3.8, 4) is 0 Å². The monoisotopic (exact) mass is 254 g/mol. The summed E-state index contributed by atoms with van der Waals surface area (Å²) in [7, 11) is 0. The number of carbonyl (C=O) groups excluding carboxylic acids is 2. The summed E-state index contributed by atoms with van der Waals surface area (Å²) < 4.78 is 0. The molecule has 4 heteroatoms. The van der Waals surface area contributed by atoms with Gasteiger partial charge in [0.05, 0.1) is 0 Å². The molecule has 2 amide bonds. The lowest BCUT2D eigenvalue weighted by atomic mass is 10.0. The third-order valence-electron chi connectivity index (χ3n) is 3.51. The van der Waals surface area contributed by atoms with Gasteiger partial charge in [-0.05, 0) is 18.8 Å². The molecule has 0 aromatic heterocycles. The lowest BCUT2D eigenvalue weighted by Gasteiger charge is -2.24. The van der Waals surface area contributed by atoms with E-state index in [0.29, 0.717) is 0 Å². The van der Waals surface area contributed by atoms with Crippen LogP contribution in [0, 0.1) is 5.92 Å². The molecule has 1 aliphatic rings. The molecule has 18 heavy (non-hydrogen) atoms. The third kappa shape index (κ3) is 5.07. The number of hydrogen-bond donors (Lipinski definition) is 2. The van der Waals surface area contributed by atoms with Crippen LogP contribution >= 0.6 is 0 Å². The molecule has 2 N–H and O–H groups in total. The lowest BCUT2D eigenvalue weighted by Crippen LogP contribution is -2.51. The van der Waals surface area contributed by atoms with Gasteiger partial charge in [-0.2, -0.15) is 0 Å². The Kier molecular flexibility index (Phi) is 6.16. The van der Waals surface area contributed by atoms with E-state index in [1.807, 2.05) is 13.8 Å². The summed E-state index contributed by atoms with van der Waals surface area (Å²) in [5.41, 5.74) is 0. The molecule has 0 radical (unpaired) electrons. The number of hydrogen-bond acceptors (Lipinski definition) is 2. The largest absolute Gasteiger partial charge is 0.352 e. The van der Waals surface area contributed by atoms with Crippen molar-refractivity contribution in [2.45, 2.75) is 71.4 Å². The minimum atomic E-state index is -0.411.